The van der Waals surface area contributed by atoms with E-state index >= 15 is 0 Å². The Morgan fingerprint density at radius 2 is 1.66 bits per heavy atom. The summed E-state index contributed by atoms with van der Waals surface area (Å²) >= 11 is 1.32. The number of rotatable bonds is 3. The summed E-state index contributed by atoms with van der Waals surface area (Å²) in [5.41, 5.74) is -1.61. The van der Waals surface area contributed by atoms with Gasteiger partial charge in [-0.25, -0.2) is 4.79 Å². The molecule has 1 saturated heterocycles. The number of aliphatic hydroxyl groups is 1. The second-order valence-corrected chi connectivity index (χ2v) is 10.2. The van der Waals surface area contributed by atoms with Crippen LogP contribution in [-0.4, -0.2) is 34.8 Å². The number of carbonyl (C=O) groups excluding carboxylic acids is 1. The molecule has 2 aromatic carbocycles. The maximum Gasteiger partial charge on any atom is 0.416 e. The molecule has 4 nitrogen and oxygen atoms in total. The van der Waals surface area contributed by atoms with Gasteiger partial charge < -0.3 is 14.7 Å². The summed E-state index contributed by atoms with van der Waals surface area (Å²) in [6.45, 7) is 7.64. The fourth-order valence-electron chi connectivity index (χ4n) is 3.55. The standard InChI is InChI=1S/C24H28F3NO3S/c1-16-5-8-18(9-6-16)32-20-10-7-17(24(25,26)27)15-19(20)23(30)11-13-28(14-12-23)21(29)31-22(2,3)4/h5-10,15,30H,11-14H2,1-4H3. The van der Waals surface area contributed by atoms with E-state index in [4.69, 9.17) is 4.74 Å². The molecular formula is C24H28F3NO3S. The first-order chi connectivity index (χ1) is 14.8. The highest BCUT2D eigenvalue weighted by Crippen LogP contribution is 2.43. The van der Waals surface area contributed by atoms with Gasteiger partial charge in [-0.15, -0.1) is 0 Å². The predicted molar refractivity (Wildman–Crippen MR) is 118 cm³/mol. The zero-order valence-corrected chi connectivity index (χ0v) is 19.4. The van der Waals surface area contributed by atoms with Crippen LogP contribution in [0.25, 0.3) is 0 Å². The Hall–Kier alpha value is -2.19. The quantitative estimate of drug-likeness (QED) is 0.569. The Kier molecular flexibility index (Phi) is 6.86. The number of alkyl halides is 3. The minimum absolute atomic E-state index is 0.120. The van der Waals surface area contributed by atoms with Gasteiger partial charge in [0.25, 0.3) is 0 Å². The average Bonchev–Trinajstić information content (AvgIpc) is 2.68. The summed E-state index contributed by atoms with van der Waals surface area (Å²) in [5.74, 6) is 0. The lowest BCUT2D eigenvalue weighted by Crippen LogP contribution is -2.47. The number of amides is 1. The van der Waals surface area contributed by atoms with Crippen molar-refractivity contribution in [3.05, 3.63) is 59.2 Å². The summed E-state index contributed by atoms with van der Waals surface area (Å²) in [6.07, 6.45) is -4.77. The second kappa shape index (κ2) is 8.98. The largest absolute Gasteiger partial charge is 0.444 e. The second-order valence-electron chi connectivity index (χ2n) is 9.12. The van der Waals surface area contributed by atoms with Crippen LogP contribution in [0.15, 0.2) is 52.3 Å². The number of benzene rings is 2. The van der Waals surface area contributed by atoms with Crippen molar-refractivity contribution in [2.24, 2.45) is 0 Å². The topological polar surface area (TPSA) is 49.8 Å². The van der Waals surface area contributed by atoms with Crippen molar-refractivity contribution in [1.29, 1.82) is 0 Å². The molecule has 1 N–H and O–H groups in total. The number of likely N-dealkylation sites (tertiary alicyclic amines) is 1. The number of hydrogen-bond acceptors (Lipinski definition) is 4. The average molecular weight is 468 g/mol. The molecule has 32 heavy (non-hydrogen) atoms. The summed E-state index contributed by atoms with van der Waals surface area (Å²) in [7, 11) is 0. The van der Waals surface area contributed by atoms with Gasteiger partial charge in [0.2, 0.25) is 0 Å². The summed E-state index contributed by atoms with van der Waals surface area (Å²) in [5, 5.41) is 11.4. The Morgan fingerprint density at radius 3 is 2.19 bits per heavy atom. The van der Waals surface area contributed by atoms with E-state index < -0.39 is 29.0 Å². The Labute approximate surface area is 190 Å². The molecule has 0 aliphatic carbocycles. The molecule has 0 unspecified atom stereocenters. The molecule has 1 fully saturated rings. The molecule has 0 spiro atoms. The van der Waals surface area contributed by atoms with Gasteiger partial charge in [-0.3, -0.25) is 0 Å². The number of halogens is 3. The van der Waals surface area contributed by atoms with Crippen LogP contribution in [0.3, 0.4) is 0 Å². The maximum atomic E-state index is 13.4. The van der Waals surface area contributed by atoms with Crippen molar-refractivity contribution < 1.29 is 27.8 Å². The van der Waals surface area contributed by atoms with Crippen molar-refractivity contribution in [1.82, 2.24) is 4.90 Å². The molecule has 1 aliphatic rings. The van der Waals surface area contributed by atoms with Gasteiger partial charge in [0.05, 0.1) is 11.2 Å². The van der Waals surface area contributed by atoms with Crippen LogP contribution in [0, 0.1) is 6.92 Å². The molecule has 0 atom stereocenters. The third-order valence-electron chi connectivity index (χ3n) is 5.30. The highest BCUT2D eigenvalue weighted by Gasteiger charge is 2.40. The molecule has 1 aliphatic heterocycles. The van der Waals surface area contributed by atoms with Crippen molar-refractivity contribution >= 4 is 17.9 Å². The smallest absolute Gasteiger partial charge is 0.416 e. The molecule has 0 radical (unpaired) electrons. The van der Waals surface area contributed by atoms with Crippen molar-refractivity contribution in [2.45, 2.75) is 67.7 Å². The number of nitrogens with zero attached hydrogens (tertiary/aromatic N) is 1. The van der Waals surface area contributed by atoms with E-state index in [0.717, 1.165) is 22.6 Å². The minimum atomic E-state index is -4.52. The zero-order valence-electron chi connectivity index (χ0n) is 18.6. The van der Waals surface area contributed by atoms with Gasteiger partial charge in [0, 0.05) is 22.9 Å². The zero-order chi connectivity index (χ0) is 23.7. The SMILES string of the molecule is Cc1ccc(Sc2ccc(C(F)(F)F)cc2C2(O)CCN(C(=O)OC(C)(C)C)CC2)cc1. The summed E-state index contributed by atoms with van der Waals surface area (Å²) < 4.78 is 45.7. The van der Waals surface area contributed by atoms with E-state index in [0.29, 0.717) is 4.90 Å². The fourth-order valence-corrected chi connectivity index (χ4v) is 4.57. The molecule has 0 saturated carbocycles. The molecule has 1 amide bonds. The van der Waals surface area contributed by atoms with Gasteiger partial charge in [0.1, 0.15) is 5.60 Å². The molecule has 0 bridgehead atoms. The van der Waals surface area contributed by atoms with Crippen molar-refractivity contribution in [3.8, 4) is 0 Å². The highest BCUT2D eigenvalue weighted by molar-refractivity contribution is 7.99. The van der Waals surface area contributed by atoms with Crippen LogP contribution in [0.5, 0.6) is 0 Å². The first-order valence-electron chi connectivity index (χ1n) is 10.4. The van der Waals surface area contributed by atoms with E-state index in [1.165, 1.54) is 22.7 Å². The monoisotopic (exact) mass is 467 g/mol. The predicted octanol–water partition coefficient (Wildman–Crippen LogP) is 6.38. The molecule has 8 heteroatoms. The third-order valence-corrected chi connectivity index (χ3v) is 6.38. The summed E-state index contributed by atoms with van der Waals surface area (Å²) in [6, 6.07) is 11.2. The van der Waals surface area contributed by atoms with E-state index in [9.17, 15) is 23.1 Å². The Morgan fingerprint density at radius 1 is 1.06 bits per heavy atom. The van der Waals surface area contributed by atoms with Crippen LogP contribution >= 0.6 is 11.8 Å². The number of ether oxygens (including phenoxy) is 1. The lowest BCUT2D eigenvalue weighted by Gasteiger charge is -2.39. The lowest BCUT2D eigenvalue weighted by molar-refractivity contribution is -0.137. The number of aryl methyl sites for hydroxylation is 1. The first kappa shape index (κ1) is 24.5. The Balaban J connectivity index is 1.88. The maximum absolute atomic E-state index is 13.4. The number of carbonyl (C=O) groups is 1. The first-order valence-corrected chi connectivity index (χ1v) is 11.3. The van der Waals surface area contributed by atoms with Gasteiger partial charge >= 0.3 is 12.3 Å². The number of piperidine rings is 1. The molecular weight excluding hydrogens is 439 g/mol. The van der Waals surface area contributed by atoms with Crippen LogP contribution < -0.4 is 0 Å². The van der Waals surface area contributed by atoms with Gasteiger partial charge in [-0.05, 0) is 76.4 Å². The van der Waals surface area contributed by atoms with Gasteiger partial charge in [-0.1, -0.05) is 29.5 Å². The van der Waals surface area contributed by atoms with Crippen LogP contribution in [0.2, 0.25) is 0 Å². The van der Waals surface area contributed by atoms with E-state index in [1.54, 1.807) is 20.8 Å². The molecule has 1 heterocycles. The van der Waals surface area contributed by atoms with E-state index in [-0.39, 0.29) is 31.5 Å². The van der Waals surface area contributed by atoms with Gasteiger partial charge in [0.15, 0.2) is 0 Å². The van der Waals surface area contributed by atoms with Crippen molar-refractivity contribution in [2.75, 3.05) is 13.1 Å². The van der Waals surface area contributed by atoms with Crippen LogP contribution in [0.1, 0.15) is 50.3 Å². The van der Waals surface area contributed by atoms with Crippen LogP contribution in [0.4, 0.5) is 18.0 Å². The minimum Gasteiger partial charge on any atom is -0.444 e. The van der Waals surface area contributed by atoms with E-state index in [1.807, 2.05) is 31.2 Å². The highest BCUT2D eigenvalue weighted by atomic mass is 32.2. The van der Waals surface area contributed by atoms with E-state index in [2.05, 4.69) is 0 Å². The fraction of sp³-hybridized carbons (Fsp3) is 0.458. The third kappa shape index (κ3) is 5.98. The normalized spacial score (nSPS) is 16.7. The molecule has 0 aromatic heterocycles. The van der Waals surface area contributed by atoms with Crippen LogP contribution in [-0.2, 0) is 16.5 Å². The summed E-state index contributed by atoms with van der Waals surface area (Å²) in [4.78, 5) is 15.3. The molecule has 2 aromatic rings. The van der Waals surface area contributed by atoms with Gasteiger partial charge in [-0.2, -0.15) is 13.2 Å². The molecule has 174 valence electrons. The van der Waals surface area contributed by atoms with Crippen molar-refractivity contribution in [3.63, 3.8) is 0 Å². The Bertz CT molecular complexity index is 960. The lowest BCUT2D eigenvalue weighted by atomic mass is 9.83. The molecule has 3 rings (SSSR count). The number of hydrogen-bond donors (Lipinski definition) is 1.